The van der Waals surface area contributed by atoms with Gasteiger partial charge < -0.3 is 0 Å². The Morgan fingerprint density at radius 2 is 1.65 bits per heavy atom. The summed E-state index contributed by atoms with van der Waals surface area (Å²) in [6.07, 6.45) is 0.187. The van der Waals surface area contributed by atoms with Gasteiger partial charge in [-0.05, 0) is 23.3 Å². The maximum Gasteiger partial charge on any atom is 0.125 e. The van der Waals surface area contributed by atoms with E-state index in [-0.39, 0.29) is 0 Å². The highest BCUT2D eigenvalue weighted by molar-refractivity contribution is 5.25. The summed E-state index contributed by atoms with van der Waals surface area (Å²) in [6.45, 7) is 2.04. The Bertz CT molecular complexity index is 448. The highest BCUT2D eigenvalue weighted by Crippen LogP contribution is 2.21. The molecule has 2 aromatic rings. The molecule has 1 atom stereocenters. The Kier molecular flexibility index (Phi) is 3.91. The van der Waals surface area contributed by atoms with Crippen molar-refractivity contribution in [2.45, 2.75) is 19.4 Å². The van der Waals surface area contributed by atoms with Crippen LogP contribution in [0.5, 0.6) is 0 Å². The molecule has 17 heavy (non-hydrogen) atoms. The van der Waals surface area contributed by atoms with Crippen molar-refractivity contribution < 1.29 is 10.1 Å². The van der Waals surface area contributed by atoms with Gasteiger partial charge in [0.05, 0.1) is 0 Å². The fourth-order valence-electron chi connectivity index (χ4n) is 1.81. The quantitative estimate of drug-likeness (QED) is 0.579. The Hall–Kier alpha value is -1.64. The lowest BCUT2D eigenvalue weighted by atomic mass is 10.0. The Morgan fingerprint density at radius 1 is 1.00 bits per heavy atom. The van der Waals surface area contributed by atoms with E-state index in [0.29, 0.717) is 6.42 Å². The molecule has 0 saturated heterocycles. The molecule has 2 heteroatoms. The van der Waals surface area contributed by atoms with E-state index >= 15 is 0 Å². The van der Waals surface area contributed by atoms with Gasteiger partial charge in [0, 0.05) is 6.42 Å². The lowest BCUT2D eigenvalue weighted by molar-refractivity contribution is -0.338. The van der Waals surface area contributed by atoms with Crippen LogP contribution in [0.4, 0.5) is 0 Å². The molecule has 0 bridgehead atoms. The van der Waals surface area contributed by atoms with E-state index in [9.17, 15) is 5.26 Å². The predicted octanol–water partition coefficient (Wildman–Crippen LogP) is 3.64. The van der Waals surface area contributed by atoms with E-state index in [1.54, 1.807) is 0 Å². The first kappa shape index (κ1) is 11.8. The van der Waals surface area contributed by atoms with E-state index in [1.165, 1.54) is 5.56 Å². The summed E-state index contributed by atoms with van der Waals surface area (Å²) in [4.78, 5) is 4.32. The first-order chi connectivity index (χ1) is 8.29. The van der Waals surface area contributed by atoms with Gasteiger partial charge in [-0.1, -0.05) is 60.2 Å². The number of rotatable bonds is 4. The van der Waals surface area contributed by atoms with Crippen LogP contribution in [-0.2, 0) is 16.6 Å². The van der Waals surface area contributed by atoms with Crippen LogP contribution < -0.4 is 0 Å². The van der Waals surface area contributed by atoms with Crippen LogP contribution in [0.25, 0.3) is 0 Å². The van der Waals surface area contributed by atoms with Crippen molar-refractivity contribution in [2.24, 2.45) is 0 Å². The second-order valence-electron chi connectivity index (χ2n) is 4.19. The zero-order valence-electron chi connectivity index (χ0n) is 9.80. The molecule has 2 nitrogen and oxygen atoms in total. The van der Waals surface area contributed by atoms with Crippen molar-refractivity contribution >= 4 is 0 Å². The number of aryl methyl sites for hydroxylation is 1. The molecule has 0 heterocycles. The van der Waals surface area contributed by atoms with Crippen LogP contribution in [0.2, 0.25) is 0 Å². The number of benzene rings is 2. The Morgan fingerprint density at radius 3 is 2.24 bits per heavy atom. The third kappa shape index (κ3) is 3.16. The van der Waals surface area contributed by atoms with Crippen molar-refractivity contribution in [2.75, 3.05) is 0 Å². The van der Waals surface area contributed by atoms with Crippen molar-refractivity contribution in [1.82, 2.24) is 0 Å². The van der Waals surface area contributed by atoms with Gasteiger partial charge in [-0.15, -0.1) is 0 Å². The van der Waals surface area contributed by atoms with E-state index in [1.807, 2.05) is 61.5 Å². The Balaban J connectivity index is 2.13. The van der Waals surface area contributed by atoms with E-state index in [0.717, 1.165) is 11.1 Å². The standard InChI is InChI=1S/C15H15O2/c1-12-7-9-13(10-8-12)11-15(17-16)14-5-3-2-4-6-14/h2-10,15H,11H2,1H3. The average Bonchev–Trinajstić information content (AvgIpc) is 2.39. The molecule has 0 N–H and O–H groups in total. The fourth-order valence-corrected chi connectivity index (χ4v) is 1.81. The number of hydrogen-bond acceptors (Lipinski definition) is 1. The van der Waals surface area contributed by atoms with Gasteiger partial charge in [-0.3, -0.25) is 0 Å². The normalized spacial score (nSPS) is 12.4. The first-order valence-corrected chi connectivity index (χ1v) is 5.68. The molecule has 87 valence electrons. The van der Waals surface area contributed by atoms with Crippen molar-refractivity contribution in [3.63, 3.8) is 0 Å². The minimum atomic E-state index is -0.418. The second kappa shape index (κ2) is 5.62. The molecule has 0 aliphatic heterocycles. The zero-order chi connectivity index (χ0) is 12.1. The van der Waals surface area contributed by atoms with Crippen LogP contribution in [0.1, 0.15) is 22.8 Å². The topological polar surface area (TPSA) is 29.1 Å². The van der Waals surface area contributed by atoms with Crippen LogP contribution in [0, 0.1) is 6.92 Å². The largest absolute Gasteiger partial charge is 0.195 e. The van der Waals surface area contributed by atoms with Crippen molar-refractivity contribution in [3.8, 4) is 0 Å². The minimum absolute atomic E-state index is 0.418. The molecule has 1 unspecified atom stereocenters. The van der Waals surface area contributed by atoms with Gasteiger partial charge in [-0.2, -0.15) is 4.89 Å². The van der Waals surface area contributed by atoms with Crippen molar-refractivity contribution in [1.29, 1.82) is 0 Å². The van der Waals surface area contributed by atoms with Gasteiger partial charge in [-0.25, -0.2) is 0 Å². The Labute approximate surface area is 101 Å². The molecule has 2 aromatic carbocycles. The summed E-state index contributed by atoms with van der Waals surface area (Å²) >= 11 is 0. The highest BCUT2D eigenvalue weighted by Gasteiger charge is 2.13. The molecule has 0 saturated carbocycles. The lowest BCUT2D eigenvalue weighted by Gasteiger charge is -2.12. The molecule has 0 amide bonds. The predicted molar refractivity (Wildman–Crippen MR) is 65.8 cm³/mol. The average molecular weight is 227 g/mol. The van der Waals surface area contributed by atoms with E-state index in [2.05, 4.69) is 4.89 Å². The maximum absolute atomic E-state index is 10.8. The third-order valence-corrected chi connectivity index (χ3v) is 2.83. The monoisotopic (exact) mass is 227 g/mol. The molecular weight excluding hydrogens is 212 g/mol. The second-order valence-corrected chi connectivity index (χ2v) is 4.19. The maximum atomic E-state index is 10.8. The van der Waals surface area contributed by atoms with Crippen LogP contribution in [-0.4, -0.2) is 0 Å². The van der Waals surface area contributed by atoms with Gasteiger partial charge in [0.2, 0.25) is 0 Å². The smallest absolute Gasteiger partial charge is 0.125 e. The summed E-state index contributed by atoms with van der Waals surface area (Å²) in [7, 11) is 0. The minimum Gasteiger partial charge on any atom is -0.195 e. The summed E-state index contributed by atoms with van der Waals surface area (Å²) in [5, 5.41) is 10.8. The van der Waals surface area contributed by atoms with Crippen LogP contribution in [0.3, 0.4) is 0 Å². The molecule has 0 aliphatic rings. The highest BCUT2D eigenvalue weighted by atomic mass is 17.1. The first-order valence-electron chi connectivity index (χ1n) is 5.68. The van der Waals surface area contributed by atoms with Crippen LogP contribution >= 0.6 is 0 Å². The van der Waals surface area contributed by atoms with Gasteiger partial charge in [0.1, 0.15) is 6.10 Å². The molecule has 0 spiro atoms. The molecular formula is C15H15O2. The molecule has 0 fully saturated rings. The summed E-state index contributed by atoms with van der Waals surface area (Å²) in [5.74, 6) is 0. The summed E-state index contributed by atoms with van der Waals surface area (Å²) in [5.41, 5.74) is 3.25. The summed E-state index contributed by atoms with van der Waals surface area (Å²) in [6, 6.07) is 17.7. The van der Waals surface area contributed by atoms with Gasteiger partial charge >= 0.3 is 0 Å². The zero-order valence-corrected chi connectivity index (χ0v) is 9.80. The summed E-state index contributed by atoms with van der Waals surface area (Å²) < 4.78 is 0. The van der Waals surface area contributed by atoms with Crippen molar-refractivity contribution in [3.05, 3.63) is 71.3 Å². The molecule has 0 aromatic heterocycles. The van der Waals surface area contributed by atoms with E-state index in [4.69, 9.17) is 0 Å². The van der Waals surface area contributed by atoms with E-state index < -0.39 is 6.10 Å². The molecule has 2 rings (SSSR count). The third-order valence-electron chi connectivity index (χ3n) is 2.83. The van der Waals surface area contributed by atoms with Gasteiger partial charge in [0.15, 0.2) is 0 Å². The van der Waals surface area contributed by atoms with Gasteiger partial charge in [0.25, 0.3) is 0 Å². The lowest BCUT2D eigenvalue weighted by Crippen LogP contribution is -2.04. The fraction of sp³-hybridized carbons (Fsp3) is 0.200. The number of hydrogen-bond donors (Lipinski definition) is 0. The van der Waals surface area contributed by atoms with Crippen LogP contribution in [0.15, 0.2) is 54.6 Å². The molecule has 1 radical (unpaired) electrons. The SMILES string of the molecule is Cc1ccc(CC(O[O])c2ccccc2)cc1. The molecule has 0 aliphatic carbocycles.